The molecule has 0 bridgehead atoms. The minimum absolute atomic E-state index is 0.574. The van der Waals surface area contributed by atoms with Crippen molar-refractivity contribution in [2.75, 3.05) is 13.1 Å². The van der Waals surface area contributed by atoms with E-state index < -0.39 is 0 Å². The third-order valence-electron chi connectivity index (χ3n) is 1.78. The lowest BCUT2D eigenvalue weighted by molar-refractivity contribution is 0.580. The van der Waals surface area contributed by atoms with Gasteiger partial charge in [-0.2, -0.15) is 12.6 Å². The van der Waals surface area contributed by atoms with E-state index in [2.05, 4.69) is 24.9 Å². The Kier molecular flexibility index (Phi) is 2.20. The molecule has 1 unspecified atom stereocenters. The SMILES string of the molecule is CC(S)[C@H]1CCNC1. The number of hydrogen-bond acceptors (Lipinski definition) is 2. The summed E-state index contributed by atoms with van der Waals surface area (Å²) in [6.45, 7) is 4.53. The van der Waals surface area contributed by atoms with Gasteiger partial charge in [0.15, 0.2) is 0 Å². The number of thiol groups is 1. The molecule has 8 heavy (non-hydrogen) atoms. The van der Waals surface area contributed by atoms with E-state index in [1.807, 2.05) is 0 Å². The van der Waals surface area contributed by atoms with E-state index in [0.717, 1.165) is 5.92 Å². The van der Waals surface area contributed by atoms with Gasteiger partial charge in [-0.05, 0) is 25.4 Å². The molecule has 0 saturated carbocycles. The summed E-state index contributed by atoms with van der Waals surface area (Å²) in [5.74, 6) is 0.818. The molecule has 2 heteroatoms. The minimum Gasteiger partial charge on any atom is -0.316 e. The summed E-state index contributed by atoms with van der Waals surface area (Å²) in [4.78, 5) is 0. The smallest absolute Gasteiger partial charge is 0.00293 e. The van der Waals surface area contributed by atoms with Crippen molar-refractivity contribution in [3.05, 3.63) is 0 Å². The predicted molar refractivity (Wildman–Crippen MR) is 39.4 cm³/mol. The van der Waals surface area contributed by atoms with E-state index in [1.54, 1.807) is 0 Å². The normalized spacial score (nSPS) is 33.0. The molecule has 1 fully saturated rings. The third-order valence-corrected chi connectivity index (χ3v) is 2.20. The lowest BCUT2D eigenvalue weighted by atomic mass is 10.1. The standard InChI is InChI=1S/C6H13NS/c1-5(8)6-2-3-7-4-6/h5-8H,2-4H2,1H3/t5?,6-/m0/s1. The Morgan fingerprint density at radius 2 is 2.50 bits per heavy atom. The van der Waals surface area contributed by atoms with Crippen LogP contribution in [0.5, 0.6) is 0 Å². The third kappa shape index (κ3) is 1.39. The van der Waals surface area contributed by atoms with Gasteiger partial charge in [-0.3, -0.25) is 0 Å². The summed E-state index contributed by atoms with van der Waals surface area (Å²) < 4.78 is 0. The molecule has 0 aliphatic carbocycles. The van der Waals surface area contributed by atoms with E-state index >= 15 is 0 Å². The summed E-state index contributed by atoms with van der Waals surface area (Å²) in [6, 6.07) is 0. The molecule has 0 amide bonds. The largest absolute Gasteiger partial charge is 0.316 e. The fraction of sp³-hybridized carbons (Fsp3) is 1.00. The molecule has 1 aliphatic rings. The van der Waals surface area contributed by atoms with E-state index in [4.69, 9.17) is 0 Å². The highest BCUT2D eigenvalue weighted by atomic mass is 32.1. The highest BCUT2D eigenvalue weighted by Crippen LogP contribution is 2.15. The Morgan fingerprint density at radius 3 is 2.75 bits per heavy atom. The van der Waals surface area contributed by atoms with Crippen LogP contribution in [0.15, 0.2) is 0 Å². The molecule has 0 aromatic rings. The Bertz CT molecular complexity index is 66.9. The lowest BCUT2D eigenvalue weighted by Crippen LogP contribution is -2.15. The van der Waals surface area contributed by atoms with Crippen molar-refractivity contribution in [3.8, 4) is 0 Å². The molecule has 0 aromatic carbocycles. The summed E-state index contributed by atoms with van der Waals surface area (Å²) in [6.07, 6.45) is 1.31. The van der Waals surface area contributed by atoms with Gasteiger partial charge >= 0.3 is 0 Å². The van der Waals surface area contributed by atoms with E-state index in [9.17, 15) is 0 Å². The van der Waals surface area contributed by atoms with E-state index in [-0.39, 0.29) is 0 Å². The Morgan fingerprint density at radius 1 is 1.75 bits per heavy atom. The highest BCUT2D eigenvalue weighted by molar-refractivity contribution is 7.80. The van der Waals surface area contributed by atoms with Crippen LogP contribution in [0, 0.1) is 5.92 Å². The van der Waals surface area contributed by atoms with E-state index in [1.165, 1.54) is 19.5 Å². The van der Waals surface area contributed by atoms with Gasteiger partial charge in [-0.25, -0.2) is 0 Å². The molecule has 2 atom stereocenters. The first-order chi connectivity index (χ1) is 3.80. The van der Waals surface area contributed by atoms with Crippen molar-refractivity contribution >= 4 is 12.6 Å². The van der Waals surface area contributed by atoms with Crippen LogP contribution in [0.4, 0.5) is 0 Å². The molecule has 1 N–H and O–H groups in total. The number of rotatable bonds is 1. The van der Waals surface area contributed by atoms with Crippen LogP contribution in [-0.2, 0) is 0 Å². The second-order valence-electron chi connectivity index (χ2n) is 2.49. The predicted octanol–water partition coefficient (Wildman–Crippen LogP) is 0.914. The van der Waals surface area contributed by atoms with Crippen molar-refractivity contribution in [2.24, 2.45) is 5.92 Å². The first kappa shape index (κ1) is 6.43. The molecular weight excluding hydrogens is 118 g/mol. The quantitative estimate of drug-likeness (QED) is 0.504. The van der Waals surface area contributed by atoms with Crippen molar-refractivity contribution in [3.63, 3.8) is 0 Å². The highest BCUT2D eigenvalue weighted by Gasteiger charge is 2.17. The minimum atomic E-state index is 0.574. The second kappa shape index (κ2) is 2.74. The molecule has 48 valence electrons. The van der Waals surface area contributed by atoms with Gasteiger partial charge in [0.2, 0.25) is 0 Å². The Labute approximate surface area is 56.3 Å². The van der Waals surface area contributed by atoms with Crippen LogP contribution in [0.1, 0.15) is 13.3 Å². The van der Waals surface area contributed by atoms with Crippen molar-refractivity contribution in [2.45, 2.75) is 18.6 Å². The fourth-order valence-electron chi connectivity index (χ4n) is 1.09. The Balaban J connectivity index is 2.24. The zero-order valence-electron chi connectivity index (χ0n) is 5.22. The van der Waals surface area contributed by atoms with Crippen LogP contribution in [0.2, 0.25) is 0 Å². The zero-order valence-corrected chi connectivity index (χ0v) is 6.12. The molecule has 0 aromatic heterocycles. The van der Waals surface area contributed by atoms with Gasteiger partial charge in [0.25, 0.3) is 0 Å². The summed E-state index contributed by atoms with van der Waals surface area (Å²) in [5.41, 5.74) is 0. The van der Waals surface area contributed by atoms with Gasteiger partial charge in [0, 0.05) is 5.25 Å². The van der Waals surface area contributed by atoms with Gasteiger partial charge in [-0.15, -0.1) is 0 Å². The summed E-state index contributed by atoms with van der Waals surface area (Å²) in [7, 11) is 0. The van der Waals surface area contributed by atoms with Crippen molar-refractivity contribution < 1.29 is 0 Å². The maximum absolute atomic E-state index is 4.35. The van der Waals surface area contributed by atoms with Crippen molar-refractivity contribution in [1.29, 1.82) is 0 Å². The lowest BCUT2D eigenvalue weighted by Gasteiger charge is -2.09. The molecule has 1 rings (SSSR count). The van der Waals surface area contributed by atoms with Gasteiger partial charge in [0.05, 0.1) is 0 Å². The molecule has 1 aliphatic heterocycles. The second-order valence-corrected chi connectivity index (χ2v) is 3.31. The number of hydrogen-bond donors (Lipinski definition) is 2. The monoisotopic (exact) mass is 131 g/mol. The van der Waals surface area contributed by atoms with Crippen LogP contribution in [0.3, 0.4) is 0 Å². The summed E-state index contributed by atoms with van der Waals surface area (Å²) >= 11 is 4.35. The van der Waals surface area contributed by atoms with Crippen LogP contribution in [-0.4, -0.2) is 18.3 Å². The average molecular weight is 131 g/mol. The van der Waals surface area contributed by atoms with Gasteiger partial charge < -0.3 is 5.32 Å². The maximum Gasteiger partial charge on any atom is 0.00293 e. The Hall–Kier alpha value is 0.310. The van der Waals surface area contributed by atoms with Gasteiger partial charge in [-0.1, -0.05) is 6.92 Å². The topological polar surface area (TPSA) is 12.0 Å². The molecule has 0 spiro atoms. The maximum atomic E-state index is 4.35. The van der Waals surface area contributed by atoms with Crippen LogP contribution < -0.4 is 5.32 Å². The molecule has 1 heterocycles. The zero-order chi connectivity index (χ0) is 5.98. The molecule has 1 nitrogen and oxygen atoms in total. The van der Waals surface area contributed by atoms with Crippen LogP contribution >= 0.6 is 12.6 Å². The van der Waals surface area contributed by atoms with Gasteiger partial charge in [0.1, 0.15) is 0 Å². The molecular formula is C6H13NS. The van der Waals surface area contributed by atoms with Crippen molar-refractivity contribution in [1.82, 2.24) is 5.32 Å². The average Bonchev–Trinajstić information content (AvgIpc) is 2.12. The molecule has 1 saturated heterocycles. The van der Waals surface area contributed by atoms with Crippen LogP contribution in [0.25, 0.3) is 0 Å². The number of nitrogens with one attached hydrogen (secondary N) is 1. The first-order valence-corrected chi connectivity index (χ1v) is 3.71. The molecule has 0 radical (unpaired) electrons. The summed E-state index contributed by atoms with van der Waals surface area (Å²) in [5, 5.41) is 3.88. The fourth-order valence-corrected chi connectivity index (χ4v) is 1.34. The van der Waals surface area contributed by atoms with E-state index in [0.29, 0.717) is 5.25 Å². The first-order valence-electron chi connectivity index (χ1n) is 3.19.